The number of hydrogen-bond acceptors (Lipinski definition) is 5. The Morgan fingerprint density at radius 3 is 2.29 bits per heavy atom. The van der Waals surface area contributed by atoms with Crippen molar-refractivity contribution in [1.29, 1.82) is 0 Å². The molecule has 1 amide bonds. The minimum atomic E-state index is -2.75. The molecule has 0 aliphatic heterocycles. The molecule has 8 heteroatoms. The molecule has 198 valence electrons. The van der Waals surface area contributed by atoms with E-state index in [-0.39, 0.29) is 6.54 Å². The second-order valence-electron chi connectivity index (χ2n) is 9.21. The Labute approximate surface area is 226 Å². The van der Waals surface area contributed by atoms with Crippen molar-refractivity contribution in [2.24, 2.45) is 0 Å². The number of unbranched alkanes of at least 4 members (excludes halogenated alkanes) is 1. The van der Waals surface area contributed by atoms with Crippen LogP contribution >= 0.6 is 0 Å². The van der Waals surface area contributed by atoms with E-state index in [0.29, 0.717) is 16.5 Å². The third kappa shape index (κ3) is 6.57. The molecule has 0 fully saturated rings. The molecule has 0 N–H and O–H groups in total. The smallest absolute Gasteiger partial charge is 0.426 e. The molecule has 0 saturated heterocycles. The molecule has 4 rings (SSSR count). The summed E-state index contributed by atoms with van der Waals surface area (Å²) in [7, 11) is 0. The predicted molar refractivity (Wildman–Crippen MR) is 149 cm³/mol. The van der Waals surface area contributed by atoms with E-state index in [1.165, 1.54) is 5.56 Å². The van der Waals surface area contributed by atoms with Gasteiger partial charge in [-0.3, -0.25) is 4.21 Å². The fraction of sp³-hybridized carbons (Fsp3) is 0.267. The van der Waals surface area contributed by atoms with Gasteiger partial charge in [-0.05, 0) is 68.5 Å². The van der Waals surface area contributed by atoms with Crippen molar-refractivity contribution >= 4 is 17.4 Å². The van der Waals surface area contributed by atoms with Crippen molar-refractivity contribution in [3.05, 3.63) is 101 Å². The molecule has 0 aliphatic carbocycles. The number of nitrogens with zero attached hydrogens (tertiary/aromatic N) is 3. The molecule has 1 atom stereocenters. The van der Waals surface area contributed by atoms with Crippen LogP contribution in [0.4, 0.5) is 4.79 Å². The SMILES string of the molecule is CCCCc1nn(-c2ccc(CCN(C(=O)Oc3ccc(C)cc3)S(=O)[O-])cc2)c(C)c1-c1ccccc1. The molecular formula is C30H32N3O4S-. The molecule has 1 heterocycles. The Kier molecular flexibility index (Phi) is 9.10. The number of rotatable bonds is 10. The summed E-state index contributed by atoms with van der Waals surface area (Å²) in [5, 5.41) is 4.96. The van der Waals surface area contributed by atoms with Crippen LogP contribution in [0.15, 0.2) is 78.9 Å². The Morgan fingerprint density at radius 1 is 0.974 bits per heavy atom. The van der Waals surface area contributed by atoms with E-state index in [0.717, 1.165) is 53.0 Å². The Bertz CT molecular complexity index is 1380. The van der Waals surface area contributed by atoms with Gasteiger partial charge in [0.15, 0.2) is 0 Å². The molecular weight excluding hydrogens is 498 g/mol. The first-order chi connectivity index (χ1) is 18.4. The largest absolute Gasteiger partial charge is 0.755 e. The number of benzene rings is 3. The first kappa shape index (κ1) is 27.3. The van der Waals surface area contributed by atoms with Crippen molar-refractivity contribution in [2.75, 3.05) is 6.54 Å². The number of ether oxygens (including phenoxy) is 1. The van der Waals surface area contributed by atoms with E-state index >= 15 is 0 Å². The van der Waals surface area contributed by atoms with Gasteiger partial charge in [0.1, 0.15) is 5.75 Å². The standard InChI is InChI=1S/C30H33N3O4S/c1-4-5-11-28-29(25-9-7-6-8-10-25)23(3)33(31-28)26-16-14-24(15-17-26)20-21-32(38(35)36)30(34)37-27-18-12-22(2)13-19-27/h6-10,12-19H,4-5,11,20-21H2,1-3H3,(H,35,36)/p-1. The molecule has 0 radical (unpaired) electrons. The monoisotopic (exact) mass is 530 g/mol. The highest BCUT2D eigenvalue weighted by atomic mass is 32.2. The lowest BCUT2D eigenvalue weighted by atomic mass is 10.0. The normalized spacial score (nSPS) is 11.8. The van der Waals surface area contributed by atoms with Crippen LogP contribution in [0.5, 0.6) is 5.75 Å². The molecule has 1 aromatic heterocycles. The number of aryl methyl sites for hydroxylation is 2. The van der Waals surface area contributed by atoms with Crippen molar-refractivity contribution in [2.45, 2.75) is 46.5 Å². The van der Waals surface area contributed by atoms with Crippen LogP contribution in [0.2, 0.25) is 0 Å². The van der Waals surface area contributed by atoms with Crippen LogP contribution in [-0.4, -0.2) is 35.5 Å². The predicted octanol–water partition coefficient (Wildman–Crippen LogP) is 6.34. The number of aromatic nitrogens is 2. The lowest BCUT2D eigenvalue weighted by Crippen LogP contribution is -2.36. The van der Waals surface area contributed by atoms with Gasteiger partial charge < -0.3 is 9.29 Å². The summed E-state index contributed by atoms with van der Waals surface area (Å²) < 4.78 is 31.3. The summed E-state index contributed by atoms with van der Waals surface area (Å²) in [6.45, 7) is 6.15. The van der Waals surface area contributed by atoms with E-state index in [1.807, 2.05) is 54.1 Å². The van der Waals surface area contributed by atoms with Gasteiger partial charge in [0.25, 0.3) is 0 Å². The number of amides is 1. The average Bonchev–Trinajstić information content (AvgIpc) is 3.25. The Morgan fingerprint density at radius 2 is 1.66 bits per heavy atom. The van der Waals surface area contributed by atoms with Gasteiger partial charge >= 0.3 is 6.09 Å². The van der Waals surface area contributed by atoms with Crippen LogP contribution in [0.1, 0.15) is 42.3 Å². The minimum Gasteiger partial charge on any atom is -0.755 e. The van der Waals surface area contributed by atoms with Gasteiger partial charge in [0, 0.05) is 17.8 Å². The van der Waals surface area contributed by atoms with Gasteiger partial charge in [0.2, 0.25) is 0 Å². The Hall–Kier alpha value is -3.75. The number of carbonyl (C=O) groups is 1. The van der Waals surface area contributed by atoms with E-state index in [1.54, 1.807) is 24.3 Å². The second kappa shape index (κ2) is 12.7. The first-order valence-corrected chi connectivity index (χ1v) is 13.8. The summed E-state index contributed by atoms with van der Waals surface area (Å²) >= 11 is -2.75. The molecule has 1 unspecified atom stereocenters. The highest BCUT2D eigenvalue weighted by molar-refractivity contribution is 7.77. The maximum absolute atomic E-state index is 12.5. The fourth-order valence-corrected chi connectivity index (χ4v) is 4.73. The van der Waals surface area contributed by atoms with Crippen LogP contribution in [0.3, 0.4) is 0 Å². The van der Waals surface area contributed by atoms with Gasteiger partial charge in [-0.15, -0.1) is 0 Å². The van der Waals surface area contributed by atoms with E-state index in [4.69, 9.17) is 9.84 Å². The Balaban J connectivity index is 1.48. The molecule has 7 nitrogen and oxygen atoms in total. The van der Waals surface area contributed by atoms with Gasteiger partial charge in [-0.2, -0.15) is 5.10 Å². The zero-order valence-electron chi connectivity index (χ0n) is 21.9. The lowest BCUT2D eigenvalue weighted by molar-refractivity contribution is 0.178. The van der Waals surface area contributed by atoms with Gasteiger partial charge in [-0.25, -0.2) is 13.8 Å². The van der Waals surface area contributed by atoms with Crippen LogP contribution < -0.4 is 4.74 Å². The molecule has 38 heavy (non-hydrogen) atoms. The molecule has 0 bridgehead atoms. The molecule has 3 aromatic carbocycles. The maximum atomic E-state index is 12.5. The van der Waals surface area contributed by atoms with Crippen LogP contribution in [-0.2, 0) is 24.1 Å². The van der Waals surface area contributed by atoms with Crippen molar-refractivity contribution in [3.8, 4) is 22.6 Å². The second-order valence-corrected chi connectivity index (χ2v) is 10.1. The minimum absolute atomic E-state index is 0.0275. The van der Waals surface area contributed by atoms with E-state index < -0.39 is 17.4 Å². The first-order valence-electron chi connectivity index (χ1n) is 12.8. The maximum Gasteiger partial charge on any atom is 0.426 e. The molecule has 0 saturated carbocycles. The summed E-state index contributed by atoms with van der Waals surface area (Å²) in [4.78, 5) is 12.5. The van der Waals surface area contributed by atoms with E-state index in [2.05, 4.69) is 26.0 Å². The third-order valence-corrected chi connectivity index (χ3v) is 7.10. The zero-order valence-corrected chi connectivity index (χ0v) is 22.7. The summed E-state index contributed by atoms with van der Waals surface area (Å²) in [5.41, 5.74) is 7.31. The van der Waals surface area contributed by atoms with Crippen LogP contribution in [0.25, 0.3) is 16.8 Å². The van der Waals surface area contributed by atoms with Crippen molar-refractivity contribution in [3.63, 3.8) is 0 Å². The third-order valence-electron chi connectivity index (χ3n) is 6.41. The molecule has 0 aliphatic rings. The quantitative estimate of drug-likeness (QED) is 0.223. The highest BCUT2D eigenvalue weighted by Gasteiger charge is 2.19. The number of carbonyl (C=O) groups excluding carboxylic acids is 1. The summed E-state index contributed by atoms with van der Waals surface area (Å²) in [6.07, 6.45) is 2.50. The fourth-order valence-electron chi connectivity index (χ4n) is 4.33. The topological polar surface area (TPSA) is 87.5 Å². The number of hydrogen-bond donors (Lipinski definition) is 0. The van der Waals surface area contributed by atoms with E-state index in [9.17, 15) is 13.6 Å². The summed E-state index contributed by atoms with van der Waals surface area (Å²) in [5.74, 6) is 0.295. The van der Waals surface area contributed by atoms with Gasteiger partial charge in [0.05, 0.1) is 22.6 Å². The zero-order chi connectivity index (χ0) is 27.1. The van der Waals surface area contributed by atoms with Crippen molar-refractivity contribution < 1.29 is 18.3 Å². The highest BCUT2D eigenvalue weighted by Crippen LogP contribution is 2.30. The van der Waals surface area contributed by atoms with Gasteiger partial charge in [-0.1, -0.05) is 73.5 Å². The van der Waals surface area contributed by atoms with Crippen molar-refractivity contribution in [1.82, 2.24) is 14.1 Å². The molecule has 4 aromatic rings. The molecule has 0 spiro atoms. The van der Waals surface area contributed by atoms with Crippen LogP contribution in [0, 0.1) is 13.8 Å². The summed E-state index contributed by atoms with van der Waals surface area (Å²) in [6, 6.07) is 25.0. The lowest BCUT2D eigenvalue weighted by Gasteiger charge is -2.23. The average molecular weight is 531 g/mol.